The first-order chi connectivity index (χ1) is 10.9. The molecule has 1 aromatic rings. The highest BCUT2D eigenvalue weighted by Gasteiger charge is 2.26. The molecule has 0 bridgehead atoms. The fourth-order valence-corrected chi connectivity index (χ4v) is 1.88. The minimum atomic E-state index is -1.06. The number of carbonyl (C=O) groups is 3. The number of benzene rings is 1. The topological polar surface area (TPSA) is 88.1 Å². The number of halogens is 1. The zero-order valence-electron chi connectivity index (χ0n) is 12.7. The van der Waals surface area contributed by atoms with E-state index in [4.69, 9.17) is 4.74 Å². The van der Waals surface area contributed by atoms with E-state index in [1.165, 1.54) is 38.2 Å². The van der Waals surface area contributed by atoms with Gasteiger partial charge in [0.25, 0.3) is 5.91 Å². The van der Waals surface area contributed by atoms with Gasteiger partial charge in [0.2, 0.25) is 5.91 Å². The Kier molecular flexibility index (Phi) is 5.05. The number of nitrogens with zero attached hydrogens (tertiary/aromatic N) is 2. The van der Waals surface area contributed by atoms with Gasteiger partial charge in [-0.15, -0.1) is 0 Å². The second kappa shape index (κ2) is 6.99. The monoisotopic (exact) mass is 321 g/mol. The molecule has 0 spiro atoms. The predicted octanol–water partition coefficient (Wildman–Crippen LogP) is 1.30. The number of esters is 1. The Morgan fingerprint density at radius 2 is 1.96 bits per heavy atom. The van der Waals surface area contributed by atoms with E-state index in [0.29, 0.717) is 5.69 Å². The maximum absolute atomic E-state index is 12.8. The minimum absolute atomic E-state index is 0.0912. The van der Waals surface area contributed by atoms with Crippen LogP contribution >= 0.6 is 0 Å². The lowest BCUT2D eigenvalue weighted by Crippen LogP contribution is -2.36. The predicted molar refractivity (Wildman–Crippen MR) is 80.0 cm³/mol. The van der Waals surface area contributed by atoms with Gasteiger partial charge in [0, 0.05) is 25.6 Å². The molecule has 122 valence electrons. The molecule has 1 N–H and O–H groups in total. The van der Waals surface area contributed by atoms with Crippen molar-refractivity contribution in [2.24, 2.45) is 5.10 Å². The minimum Gasteiger partial charge on any atom is -0.448 e. The van der Waals surface area contributed by atoms with Crippen LogP contribution in [-0.2, 0) is 19.1 Å². The number of rotatable bonds is 4. The van der Waals surface area contributed by atoms with Crippen LogP contribution in [0.25, 0.3) is 0 Å². The maximum Gasteiger partial charge on any atom is 0.355 e. The summed E-state index contributed by atoms with van der Waals surface area (Å²) in [5.41, 5.74) is 0.480. The average Bonchev–Trinajstić information content (AvgIpc) is 2.52. The summed E-state index contributed by atoms with van der Waals surface area (Å²) in [7, 11) is 1.44. The molecule has 1 unspecified atom stereocenters. The van der Waals surface area contributed by atoms with Gasteiger partial charge in [-0.1, -0.05) is 0 Å². The van der Waals surface area contributed by atoms with E-state index in [-0.39, 0.29) is 24.5 Å². The number of anilines is 1. The van der Waals surface area contributed by atoms with Crippen LogP contribution in [-0.4, -0.2) is 41.7 Å². The van der Waals surface area contributed by atoms with Crippen LogP contribution in [0.4, 0.5) is 10.1 Å². The molecule has 7 nitrogen and oxygen atoms in total. The maximum atomic E-state index is 12.8. The molecule has 0 aliphatic carbocycles. The molecule has 2 amide bonds. The Labute approximate surface area is 132 Å². The largest absolute Gasteiger partial charge is 0.448 e. The third kappa shape index (κ3) is 4.35. The van der Waals surface area contributed by atoms with E-state index in [1.54, 1.807) is 0 Å². The highest BCUT2D eigenvalue weighted by molar-refractivity contribution is 6.37. The summed E-state index contributed by atoms with van der Waals surface area (Å²) in [5.74, 6) is -1.91. The Morgan fingerprint density at radius 1 is 1.30 bits per heavy atom. The van der Waals surface area contributed by atoms with Crippen LogP contribution < -0.4 is 5.32 Å². The van der Waals surface area contributed by atoms with Crippen LogP contribution in [0, 0.1) is 5.82 Å². The van der Waals surface area contributed by atoms with Crippen molar-refractivity contribution in [1.29, 1.82) is 0 Å². The highest BCUT2D eigenvalue weighted by atomic mass is 19.1. The lowest BCUT2D eigenvalue weighted by molar-refractivity contribution is -0.146. The van der Waals surface area contributed by atoms with E-state index < -0.39 is 23.8 Å². The summed E-state index contributed by atoms with van der Waals surface area (Å²) >= 11 is 0. The van der Waals surface area contributed by atoms with Crippen LogP contribution in [0.1, 0.15) is 19.8 Å². The molecular weight excluding hydrogens is 305 g/mol. The molecule has 0 aromatic heterocycles. The molecule has 1 heterocycles. The van der Waals surface area contributed by atoms with Crippen molar-refractivity contribution in [1.82, 2.24) is 5.01 Å². The standard InChI is InChI=1S/C15H16FN3O4/c1-9(14(21)17-11-5-3-10(16)4-6-11)23-15(22)12-7-8-13(20)19(2)18-12/h3-6,9H,7-8H2,1-2H3,(H,17,21). The first-order valence-electron chi connectivity index (χ1n) is 6.98. The van der Waals surface area contributed by atoms with Crippen molar-refractivity contribution >= 4 is 29.2 Å². The lowest BCUT2D eigenvalue weighted by Gasteiger charge is -2.20. The van der Waals surface area contributed by atoms with Crippen molar-refractivity contribution in [3.63, 3.8) is 0 Å². The Bertz CT molecular complexity index is 657. The quantitative estimate of drug-likeness (QED) is 0.847. The molecule has 1 aromatic carbocycles. The van der Waals surface area contributed by atoms with Gasteiger partial charge in [0.15, 0.2) is 6.10 Å². The second-order valence-electron chi connectivity index (χ2n) is 5.01. The molecule has 2 rings (SSSR count). The van der Waals surface area contributed by atoms with Gasteiger partial charge in [-0.05, 0) is 31.2 Å². The van der Waals surface area contributed by atoms with Crippen molar-refractivity contribution in [2.75, 3.05) is 12.4 Å². The van der Waals surface area contributed by atoms with Crippen molar-refractivity contribution in [3.05, 3.63) is 30.1 Å². The Morgan fingerprint density at radius 3 is 2.57 bits per heavy atom. The van der Waals surface area contributed by atoms with Crippen LogP contribution in [0.3, 0.4) is 0 Å². The van der Waals surface area contributed by atoms with Gasteiger partial charge in [0.1, 0.15) is 11.5 Å². The SMILES string of the molecule is CC(OC(=O)C1=NN(C)C(=O)CC1)C(=O)Nc1ccc(F)cc1. The summed E-state index contributed by atoms with van der Waals surface area (Å²) in [6.07, 6.45) is -0.715. The molecular formula is C15H16FN3O4. The number of hydrazone groups is 1. The van der Waals surface area contributed by atoms with E-state index in [1.807, 2.05) is 0 Å². The first-order valence-corrected chi connectivity index (χ1v) is 6.98. The third-order valence-corrected chi connectivity index (χ3v) is 3.21. The number of hydrogen-bond acceptors (Lipinski definition) is 5. The smallest absolute Gasteiger partial charge is 0.355 e. The molecule has 1 aliphatic heterocycles. The fourth-order valence-electron chi connectivity index (χ4n) is 1.88. The normalized spacial score (nSPS) is 15.7. The zero-order chi connectivity index (χ0) is 17.0. The van der Waals surface area contributed by atoms with E-state index in [0.717, 1.165) is 5.01 Å². The van der Waals surface area contributed by atoms with E-state index in [9.17, 15) is 18.8 Å². The second-order valence-corrected chi connectivity index (χ2v) is 5.01. The molecule has 1 atom stereocenters. The summed E-state index contributed by atoms with van der Waals surface area (Å²) < 4.78 is 17.8. The average molecular weight is 321 g/mol. The number of amides is 2. The van der Waals surface area contributed by atoms with Gasteiger partial charge in [-0.25, -0.2) is 14.2 Å². The van der Waals surface area contributed by atoms with Gasteiger partial charge in [-0.2, -0.15) is 5.10 Å². The lowest BCUT2D eigenvalue weighted by atomic mass is 10.2. The van der Waals surface area contributed by atoms with Crippen molar-refractivity contribution in [2.45, 2.75) is 25.9 Å². The van der Waals surface area contributed by atoms with E-state index in [2.05, 4.69) is 10.4 Å². The zero-order valence-corrected chi connectivity index (χ0v) is 12.7. The fraction of sp³-hybridized carbons (Fsp3) is 0.333. The van der Waals surface area contributed by atoms with Gasteiger partial charge in [0.05, 0.1) is 0 Å². The van der Waals surface area contributed by atoms with Crippen molar-refractivity contribution in [3.8, 4) is 0 Å². The van der Waals surface area contributed by atoms with Crippen molar-refractivity contribution < 1.29 is 23.5 Å². The molecule has 0 saturated carbocycles. The summed E-state index contributed by atoms with van der Waals surface area (Å²) in [4.78, 5) is 35.2. The summed E-state index contributed by atoms with van der Waals surface area (Å²) in [5, 5.41) is 7.40. The Hall–Kier alpha value is -2.77. The van der Waals surface area contributed by atoms with Gasteiger partial charge < -0.3 is 10.1 Å². The van der Waals surface area contributed by atoms with Gasteiger partial charge in [-0.3, -0.25) is 9.59 Å². The third-order valence-electron chi connectivity index (χ3n) is 3.21. The molecule has 23 heavy (non-hydrogen) atoms. The summed E-state index contributed by atoms with van der Waals surface area (Å²) in [6, 6.07) is 5.20. The number of carbonyl (C=O) groups excluding carboxylic acids is 3. The van der Waals surface area contributed by atoms with Gasteiger partial charge >= 0.3 is 5.97 Å². The van der Waals surface area contributed by atoms with Crippen LogP contribution in [0.5, 0.6) is 0 Å². The molecule has 0 radical (unpaired) electrons. The molecule has 8 heteroatoms. The first kappa shape index (κ1) is 16.6. The number of hydrogen-bond donors (Lipinski definition) is 1. The molecule has 0 fully saturated rings. The number of nitrogens with one attached hydrogen (secondary N) is 1. The highest BCUT2D eigenvalue weighted by Crippen LogP contribution is 2.11. The van der Waals surface area contributed by atoms with Crippen LogP contribution in [0.15, 0.2) is 29.4 Å². The Balaban J connectivity index is 1.93. The number of ether oxygens (including phenoxy) is 1. The summed E-state index contributed by atoms with van der Waals surface area (Å²) in [6.45, 7) is 1.41. The van der Waals surface area contributed by atoms with E-state index >= 15 is 0 Å². The van der Waals surface area contributed by atoms with Crippen LogP contribution in [0.2, 0.25) is 0 Å². The molecule has 1 aliphatic rings. The molecule has 0 saturated heterocycles.